The number of oxazole rings is 1. The molecule has 6 heteroatoms. The predicted octanol–water partition coefficient (Wildman–Crippen LogP) is -0.117. The van der Waals surface area contributed by atoms with Gasteiger partial charge < -0.3 is 14.6 Å². The number of carbonyl (C=O) groups is 2. The van der Waals surface area contributed by atoms with Crippen molar-refractivity contribution < 1.29 is 14.0 Å². The molecule has 1 N–H and O–H groups in total. The molecule has 1 aromatic heterocycles. The van der Waals surface area contributed by atoms with Crippen molar-refractivity contribution in [3.63, 3.8) is 0 Å². The molecule has 1 atom stereocenters. The summed E-state index contributed by atoms with van der Waals surface area (Å²) in [5, 5.41) is 2.59. The lowest BCUT2D eigenvalue weighted by Crippen LogP contribution is -2.32. The Labute approximate surface area is 92.6 Å². The topological polar surface area (TPSA) is 75.4 Å². The molecule has 0 aromatic carbocycles. The highest BCUT2D eigenvalue weighted by Crippen LogP contribution is 2.18. The Hall–Kier alpha value is -1.85. The van der Waals surface area contributed by atoms with Gasteiger partial charge in [-0.15, -0.1) is 0 Å². The van der Waals surface area contributed by atoms with Crippen molar-refractivity contribution in [2.75, 3.05) is 20.1 Å². The Morgan fingerprint density at radius 1 is 1.62 bits per heavy atom. The molecule has 0 radical (unpaired) electrons. The third kappa shape index (κ3) is 1.91. The van der Waals surface area contributed by atoms with E-state index in [0.717, 1.165) is 0 Å². The van der Waals surface area contributed by atoms with Crippen LogP contribution >= 0.6 is 0 Å². The van der Waals surface area contributed by atoms with Crippen LogP contribution < -0.4 is 5.32 Å². The van der Waals surface area contributed by atoms with E-state index >= 15 is 0 Å². The van der Waals surface area contributed by atoms with Crippen LogP contribution in [-0.4, -0.2) is 41.8 Å². The van der Waals surface area contributed by atoms with Crippen LogP contribution in [0.5, 0.6) is 0 Å². The lowest BCUT2D eigenvalue weighted by molar-refractivity contribution is -0.124. The average Bonchev–Trinajstić information content (AvgIpc) is 2.97. The van der Waals surface area contributed by atoms with Crippen LogP contribution in [0.3, 0.4) is 0 Å². The van der Waals surface area contributed by atoms with Crippen molar-refractivity contribution in [2.24, 2.45) is 5.92 Å². The summed E-state index contributed by atoms with van der Waals surface area (Å²) in [7, 11) is 1.60. The zero-order valence-electron chi connectivity index (χ0n) is 8.97. The maximum Gasteiger partial charge on any atom is 0.291 e. The molecule has 1 saturated heterocycles. The summed E-state index contributed by atoms with van der Waals surface area (Å²) in [5.41, 5.74) is 0. The molecule has 1 aliphatic rings. The molecular weight excluding hydrogens is 210 g/mol. The van der Waals surface area contributed by atoms with Crippen LogP contribution in [0.2, 0.25) is 0 Å². The molecule has 2 rings (SSSR count). The molecule has 16 heavy (non-hydrogen) atoms. The number of aromatic nitrogens is 1. The van der Waals surface area contributed by atoms with E-state index in [2.05, 4.69) is 10.3 Å². The minimum atomic E-state index is -0.205. The standard InChI is InChI=1S/C10H13N3O3/c1-11-9(14)7-2-3-13(5-7)10(15)8-4-12-6-16-8/h4,6-7H,2-3,5H2,1H3,(H,11,14)/t7-/m0/s1. The van der Waals surface area contributed by atoms with Crippen LogP contribution in [0.1, 0.15) is 17.0 Å². The SMILES string of the molecule is CNC(=O)[C@H]1CCN(C(=O)c2cnco2)C1. The largest absolute Gasteiger partial charge is 0.438 e. The number of nitrogens with zero attached hydrogens (tertiary/aromatic N) is 2. The first-order valence-corrected chi connectivity index (χ1v) is 5.11. The lowest BCUT2D eigenvalue weighted by Gasteiger charge is -2.13. The quantitative estimate of drug-likeness (QED) is 0.758. The molecule has 1 aliphatic heterocycles. The average molecular weight is 223 g/mol. The van der Waals surface area contributed by atoms with Crippen molar-refractivity contribution in [1.29, 1.82) is 0 Å². The monoisotopic (exact) mass is 223 g/mol. The van der Waals surface area contributed by atoms with Gasteiger partial charge in [-0.1, -0.05) is 0 Å². The van der Waals surface area contributed by atoms with Crippen LogP contribution in [0.15, 0.2) is 17.0 Å². The van der Waals surface area contributed by atoms with Gasteiger partial charge >= 0.3 is 0 Å². The first-order chi connectivity index (χ1) is 7.72. The number of carbonyl (C=O) groups excluding carboxylic acids is 2. The van der Waals surface area contributed by atoms with E-state index in [1.165, 1.54) is 12.6 Å². The third-order valence-electron chi connectivity index (χ3n) is 2.74. The van der Waals surface area contributed by atoms with Gasteiger partial charge in [-0.3, -0.25) is 9.59 Å². The molecule has 1 fully saturated rings. The van der Waals surface area contributed by atoms with Gasteiger partial charge in [-0.05, 0) is 6.42 Å². The molecule has 86 valence electrons. The van der Waals surface area contributed by atoms with Gasteiger partial charge in [0.05, 0.1) is 12.1 Å². The lowest BCUT2D eigenvalue weighted by atomic mass is 10.1. The van der Waals surface area contributed by atoms with Crippen LogP contribution in [-0.2, 0) is 4.79 Å². The van der Waals surface area contributed by atoms with E-state index in [9.17, 15) is 9.59 Å². The molecule has 0 spiro atoms. The second kappa shape index (κ2) is 4.34. The normalized spacial score (nSPS) is 19.8. The number of rotatable bonds is 2. The fraction of sp³-hybridized carbons (Fsp3) is 0.500. The highest BCUT2D eigenvalue weighted by atomic mass is 16.3. The van der Waals surface area contributed by atoms with E-state index in [0.29, 0.717) is 19.5 Å². The van der Waals surface area contributed by atoms with E-state index in [-0.39, 0.29) is 23.5 Å². The summed E-state index contributed by atoms with van der Waals surface area (Å²) >= 11 is 0. The summed E-state index contributed by atoms with van der Waals surface area (Å²) < 4.78 is 4.93. The van der Waals surface area contributed by atoms with Crippen molar-refractivity contribution in [2.45, 2.75) is 6.42 Å². The van der Waals surface area contributed by atoms with Gasteiger partial charge in [0.15, 0.2) is 6.39 Å². The van der Waals surface area contributed by atoms with E-state index in [4.69, 9.17) is 4.42 Å². The Kier molecular flexibility index (Phi) is 2.89. The van der Waals surface area contributed by atoms with Gasteiger partial charge in [0.1, 0.15) is 0 Å². The maximum absolute atomic E-state index is 11.8. The number of nitrogens with one attached hydrogen (secondary N) is 1. The van der Waals surface area contributed by atoms with Crippen molar-refractivity contribution >= 4 is 11.8 Å². The third-order valence-corrected chi connectivity index (χ3v) is 2.74. The summed E-state index contributed by atoms with van der Waals surface area (Å²) in [6.45, 7) is 1.02. The second-order valence-corrected chi connectivity index (χ2v) is 3.72. The Balaban J connectivity index is 1.99. The Bertz CT molecular complexity index is 388. The Morgan fingerprint density at radius 2 is 2.44 bits per heavy atom. The van der Waals surface area contributed by atoms with Gasteiger partial charge in [-0.25, -0.2) is 4.98 Å². The van der Waals surface area contributed by atoms with Crippen molar-refractivity contribution in [3.05, 3.63) is 18.4 Å². The minimum absolute atomic E-state index is 0.0205. The van der Waals surface area contributed by atoms with Crippen molar-refractivity contribution in [1.82, 2.24) is 15.2 Å². The summed E-state index contributed by atoms with van der Waals surface area (Å²) in [6, 6.07) is 0. The molecule has 0 unspecified atom stereocenters. The van der Waals surface area contributed by atoms with Gasteiger partial charge in [0.25, 0.3) is 5.91 Å². The first kappa shape index (κ1) is 10.7. The number of likely N-dealkylation sites (tertiary alicyclic amines) is 1. The predicted molar refractivity (Wildman–Crippen MR) is 54.6 cm³/mol. The van der Waals surface area contributed by atoms with Gasteiger partial charge in [0.2, 0.25) is 11.7 Å². The molecule has 0 bridgehead atoms. The highest BCUT2D eigenvalue weighted by molar-refractivity contribution is 5.92. The van der Waals surface area contributed by atoms with Gasteiger partial charge in [-0.2, -0.15) is 0 Å². The van der Waals surface area contributed by atoms with E-state index in [1.807, 2.05) is 0 Å². The molecule has 2 amide bonds. The number of hydrogen-bond acceptors (Lipinski definition) is 4. The number of amides is 2. The second-order valence-electron chi connectivity index (χ2n) is 3.72. The van der Waals surface area contributed by atoms with E-state index in [1.54, 1.807) is 11.9 Å². The first-order valence-electron chi connectivity index (χ1n) is 5.11. The smallest absolute Gasteiger partial charge is 0.291 e. The fourth-order valence-electron chi connectivity index (χ4n) is 1.84. The number of hydrogen-bond donors (Lipinski definition) is 1. The summed E-state index contributed by atoms with van der Waals surface area (Å²) in [4.78, 5) is 28.5. The maximum atomic E-state index is 11.8. The van der Waals surface area contributed by atoms with Crippen LogP contribution in [0.25, 0.3) is 0 Å². The summed E-state index contributed by atoms with van der Waals surface area (Å²) in [5.74, 6) is -0.119. The van der Waals surface area contributed by atoms with E-state index < -0.39 is 0 Å². The molecule has 2 heterocycles. The zero-order chi connectivity index (χ0) is 11.5. The van der Waals surface area contributed by atoms with Crippen LogP contribution in [0, 0.1) is 5.92 Å². The molecule has 6 nitrogen and oxygen atoms in total. The minimum Gasteiger partial charge on any atom is -0.438 e. The van der Waals surface area contributed by atoms with Crippen LogP contribution in [0.4, 0.5) is 0 Å². The fourth-order valence-corrected chi connectivity index (χ4v) is 1.84. The Morgan fingerprint density at radius 3 is 3.06 bits per heavy atom. The summed E-state index contributed by atoms with van der Waals surface area (Å²) in [6.07, 6.45) is 3.30. The van der Waals surface area contributed by atoms with Crippen molar-refractivity contribution in [3.8, 4) is 0 Å². The zero-order valence-corrected chi connectivity index (χ0v) is 8.97. The molecular formula is C10H13N3O3. The van der Waals surface area contributed by atoms with Gasteiger partial charge in [0, 0.05) is 20.1 Å². The highest BCUT2D eigenvalue weighted by Gasteiger charge is 2.31. The molecule has 0 saturated carbocycles. The molecule has 0 aliphatic carbocycles. The molecule has 1 aromatic rings.